The van der Waals surface area contributed by atoms with Crippen LogP contribution in [0.1, 0.15) is 16.8 Å². The van der Waals surface area contributed by atoms with Crippen molar-refractivity contribution < 1.29 is 9.18 Å². The molecule has 0 aliphatic carbocycles. The van der Waals surface area contributed by atoms with Crippen molar-refractivity contribution in [2.75, 3.05) is 11.1 Å². The Labute approximate surface area is 183 Å². The van der Waals surface area contributed by atoms with Gasteiger partial charge in [0.15, 0.2) is 5.16 Å². The molecule has 1 N–H and O–H groups in total. The van der Waals surface area contributed by atoms with Gasteiger partial charge in [-0.25, -0.2) is 9.37 Å². The van der Waals surface area contributed by atoms with E-state index in [2.05, 4.69) is 16.4 Å². The van der Waals surface area contributed by atoms with Crippen LogP contribution in [0.15, 0.2) is 53.7 Å². The molecule has 0 bridgehead atoms. The predicted molar refractivity (Wildman–Crippen MR) is 120 cm³/mol. The first-order valence-corrected chi connectivity index (χ1v) is 10.6. The fraction of sp³-hybridized carbons (Fsp3) is 0.174. The maximum Gasteiger partial charge on any atom is 0.236 e. The highest BCUT2D eigenvalue weighted by Gasteiger charge is 2.21. The average molecular weight is 434 g/mol. The number of amides is 1. The van der Waals surface area contributed by atoms with Crippen molar-refractivity contribution in [1.82, 2.24) is 14.1 Å². The third-order valence-electron chi connectivity index (χ3n) is 5.23. The Morgan fingerprint density at radius 1 is 1.23 bits per heavy atom. The zero-order valence-electron chi connectivity index (χ0n) is 17.3. The first-order valence-electron chi connectivity index (χ1n) is 9.62. The Hall–Kier alpha value is -3.57. The van der Waals surface area contributed by atoms with Gasteiger partial charge < -0.3 is 9.88 Å². The van der Waals surface area contributed by atoms with Crippen LogP contribution in [0.25, 0.3) is 16.7 Å². The lowest BCUT2D eigenvalue weighted by atomic mass is 10.2. The smallest absolute Gasteiger partial charge is 0.236 e. The van der Waals surface area contributed by atoms with Gasteiger partial charge in [0.05, 0.1) is 28.0 Å². The van der Waals surface area contributed by atoms with E-state index in [-0.39, 0.29) is 11.7 Å². The largest absolute Gasteiger partial charge is 0.322 e. The number of nitrogens with one attached hydrogen (secondary N) is 1. The fourth-order valence-corrected chi connectivity index (χ4v) is 4.34. The summed E-state index contributed by atoms with van der Waals surface area (Å²) in [5, 5.41) is 13.3. The van der Waals surface area contributed by atoms with E-state index in [9.17, 15) is 14.4 Å². The van der Waals surface area contributed by atoms with Gasteiger partial charge in [0, 0.05) is 12.7 Å². The van der Waals surface area contributed by atoms with E-state index < -0.39 is 5.82 Å². The number of rotatable bonds is 5. The number of carbonyl (C=O) groups excluding carboxylic acids is 1. The van der Waals surface area contributed by atoms with E-state index in [0.717, 1.165) is 27.4 Å². The van der Waals surface area contributed by atoms with E-state index in [1.807, 2.05) is 49.7 Å². The monoisotopic (exact) mass is 433 g/mol. The van der Waals surface area contributed by atoms with Gasteiger partial charge in [-0.15, -0.1) is 0 Å². The Bertz CT molecular complexity index is 1350. The lowest BCUT2D eigenvalue weighted by Gasteiger charge is -2.13. The molecule has 0 atom stereocenters. The van der Waals surface area contributed by atoms with E-state index in [4.69, 9.17) is 0 Å². The first-order chi connectivity index (χ1) is 14.9. The van der Waals surface area contributed by atoms with Crippen LogP contribution in [-0.4, -0.2) is 25.8 Å². The number of carbonyl (C=O) groups is 1. The Morgan fingerprint density at radius 3 is 2.71 bits per heavy atom. The van der Waals surface area contributed by atoms with Gasteiger partial charge in [0.25, 0.3) is 0 Å². The number of hydrogen-bond acceptors (Lipinski definition) is 4. The highest BCUT2D eigenvalue weighted by Crippen LogP contribution is 2.31. The Balaban J connectivity index is 1.61. The molecular formula is C23H20FN5OS. The predicted octanol–water partition coefficient (Wildman–Crippen LogP) is 4.72. The van der Waals surface area contributed by atoms with Gasteiger partial charge in [0.1, 0.15) is 17.7 Å². The summed E-state index contributed by atoms with van der Waals surface area (Å²) in [7, 11) is 1.91. The zero-order chi connectivity index (χ0) is 22.1. The van der Waals surface area contributed by atoms with Crippen molar-refractivity contribution >= 4 is 34.5 Å². The van der Waals surface area contributed by atoms with Crippen LogP contribution >= 0.6 is 11.8 Å². The summed E-state index contributed by atoms with van der Waals surface area (Å²) in [6, 6.07) is 16.0. The molecule has 2 heterocycles. The maximum atomic E-state index is 13.8. The van der Waals surface area contributed by atoms with Crippen LogP contribution in [0, 0.1) is 31.0 Å². The highest BCUT2D eigenvalue weighted by molar-refractivity contribution is 7.99. The van der Waals surface area contributed by atoms with Gasteiger partial charge in [-0.3, -0.25) is 9.36 Å². The number of thioether (sulfide) groups is 1. The number of para-hydroxylation sites is 2. The summed E-state index contributed by atoms with van der Waals surface area (Å²) in [4.78, 5) is 17.4. The second kappa shape index (κ2) is 8.28. The summed E-state index contributed by atoms with van der Waals surface area (Å²) >= 11 is 1.32. The molecule has 2 aromatic carbocycles. The normalized spacial score (nSPS) is 10.9. The van der Waals surface area contributed by atoms with Gasteiger partial charge in [-0.1, -0.05) is 30.0 Å². The van der Waals surface area contributed by atoms with Gasteiger partial charge in [-0.2, -0.15) is 5.26 Å². The summed E-state index contributed by atoms with van der Waals surface area (Å²) in [5.74, 6) is -0.201. The number of nitrogens with zero attached hydrogens (tertiary/aromatic N) is 4. The molecule has 156 valence electrons. The molecule has 0 fully saturated rings. The number of aromatic nitrogens is 3. The van der Waals surface area contributed by atoms with E-state index in [0.29, 0.717) is 17.1 Å². The molecule has 0 radical (unpaired) electrons. The number of aryl methyl sites for hydroxylation is 1. The van der Waals surface area contributed by atoms with Crippen LogP contribution in [0.5, 0.6) is 0 Å². The summed E-state index contributed by atoms with van der Waals surface area (Å²) in [5.41, 5.74) is 4.27. The van der Waals surface area contributed by atoms with Crippen LogP contribution in [0.3, 0.4) is 0 Å². The molecule has 1 amide bonds. The molecule has 0 unspecified atom stereocenters. The number of benzene rings is 2. The number of nitriles is 1. The summed E-state index contributed by atoms with van der Waals surface area (Å²) in [6.07, 6.45) is 0. The minimum Gasteiger partial charge on any atom is -0.322 e. The molecule has 31 heavy (non-hydrogen) atoms. The minimum atomic E-state index is -0.392. The van der Waals surface area contributed by atoms with Crippen LogP contribution in [0.4, 0.5) is 10.2 Å². The van der Waals surface area contributed by atoms with Crippen LogP contribution in [-0.2, 0) is 11.8 Å². The average Bonchev–Trinajstić information content (AvgIpc) is 3.20. The molecule has 8 heteroatoms. The molecule has 6 nitrogen and oxygen atoms in total. The standard InChI is InChI=1S/C23H20FN5OS/c1-14-15(2)29(17-8-6-7-16(24)11-17)22(18(14)12-25)27-21(30)13-31-23-26-19-9-4-5-10-20(19)28(23)3/h4-11H,13H2,1-3H3,(H,27,30). The van der Waals surface area contributed by atoms with Crippen LogP contribution < -0.4 is 5.32 Å². The van der Waals surface area contributed by atoms with Crippen molar-refractivity contribution in [1.29, 1.82) is 5.26 Å². The lowest BCUT2D eigenvalue weighted by Crippen LogP contribution is -2.18. The van der Waals surface area contributed by atoms with Crippen molar-refractivity contribution in [3.05, 3.63) is 71.2 Å². The number of halogens is 1. The van der Waals surface area contributed by atoms with Crippen molar-refractivity contribution in [2.45, 2.75) is 19.0 Å². The van der Waals surface area contributed by atoms with Gasteiger partial charge >= 0.3 is 0 Å². The maximum absolute atomic E-state index is 13.8. The highest BCUT2D eigenvalue weighted by atomic mass is 32.2. The quantitative estimate of drug-likeness (QED) is 0.462. The number of imidazole rings is 1. The first kappa shape index (κ1) is 20.7. The van der Waals surface area contributed by atoms with E-state index >= 15 is 0 Å². The summed E-state index contributed by atoms with van der Waals surface area (Å²) in [6.45, 7) is 3.65. The molecule has 0 aliphatic heterocycles. The van der Waals surface area contributed by atoms with Gasteiger partial charge in [-0.05, 0) is 49.7 Å². The second-order valence-electron chi connectivity index (χ2n) is 7.14. The number of fused-ring (bicyclic) bond motifs is 1. The van der Waals surface area contributed by atoms with Crippen molar-refractivity contribution in [3.63, 3.8) is 0 Å². The molecule has 2 aromatic heterocycles. The van der Waals surface area contributed by atoms with E-state index in [1.54, 1.807) is 16.7 Å². The molecule has 0 saturated heterocycles. The third kappa shape index (κ3) is 3.80. The third-order valence-corrected chi connectivity index (χ3v) is 6.26. The van der Waals surface area contributed by atoms with Crippen molar-refractivity contribution in [3.8, 4) is 11.8 Å². The lowest BCUT2D eigenvalue weighted by molar-refractivity contribution is -0.113. The molecule has 0 saturated carbocycles. The van der Waals surface area contributed by atoms with Crippen molar-refractivity contribution in [2.24, 2.45) is 7.05 Å². The SMILES string of the molecule is Cc1c(C#N)c(NC(=O)CSc2nc3ccccc3n2C)n(-c2cccc(F)c2)c1C. The number of hydrogen-bond donors (Lipinski definition) is 1. The minimum absolute atomic E-state index is 0.120. The number of anilines is 1. The molecule has 0 spiro atoms. The van der Waals surface area contributed by atoms with Crippen LogP contribution in [0.2, 0.25) is 0 Å². The zero-order valence-corrected chi connectivity index (χ0v) is 18.1. The second-order valence-corrected chi connectivity index (χ2v) is 8.08. The Kier molecular flexibility index (Phi) is 5.53. The van der Waals surface area contributed by atoms with E-state index in [1.165, 1.54) is 23.9 Å². The molecule has 0 aliphatic rings. The topological polar surface area (TPSA) is 75.6 Å². The fourth-order valence-electron chi connectivity index (χ4n) is 3.55. The van der Waals surface area contributed by atoms with Gasteiger partial charge in [0.2, 0.25) is 5.91 Å². The summed E-state index contributed by atoms with van der Waals surface area (Å²) < 4.78 is 17.5. The molecular weight excluding hydrogens is 413 g/mol. The molecule has 4 aromatic rings. The molecule has 4 rings (SSSR count). The Morgan fingerprint density at radius 2 is 2.00 bits per heavy atom.